The van der Waals surface area contributed by atoms with E-state index in [1.807, 2.05) is 127 Å². The van der Waals surface area contributed by atoms with Gasteiger partial charge in [-0.25, -0.2) is 0 Å². The van der Waals surface area contributed by atoms with Gasteiger partial charge in [0.2, 0.25) is 0 Å². The quantitative estimate of drug-likeness (QED) is 0.234. The lowest BCUT2D eigenvalue weighted by molar-refractivity contribution is 0.602. The Balaban J connectivity index is 0.000000914. The van der Waals surface area contributed by atoms with Crippen LogP contribution in [0.1, 0.15) is 51.5 Å². The van der Waals surface area contributed by atoms with Gasteiger partial charge in [0.1, 0.15) is 11.3 Å². The maximum absolute atomic E-state index is 6.10. The highest BCUT2D eigenvalue weighted by Gasteiger charge is 2.12. The van der Waals surface area contributed by atoms with Crippen molar-refractivity contribution < 1.29 is 4.42 Å². The Bertz CT molecular complexity index is 1160. The number of anilines is 2. The fourth-order valence-electron chi connectivity index (χ4n) is 2.97. The van der Waals surface area contributed by atoms with Gasteiger partial charge in [-0.1, -0.05) is 76.2 Å². The van der Waals surface area contributed by atoms with Gasteiger partial charge in [0, 0.05) is 10.9 Å². The standard InChI is InChI=1S/C24H22N4O.2C2H6/c1-17-13-14-19(16-25-27-20-9-5-3-6-10-20)22-15-23(29-24(17)22)18(2)26-28-21-11-7-4-8-12-21;2*1-2/h3-16,27-28H,1-2H3;2*1-2H3/b25-16-,26-18-;;. The summed E-state index contributed by atoms with van der Waals surface area (Å²) in [4.78, 5) is 0. The fourth-order valence-corrected chi connectivity index (χ4v) is 2.97. The van der Waals surface area contributed by atoms with Crippen molar-refractivity contribution in [2.45, 2.75) is 41.5 Å². The molecule has 5 nitrogen and oxygen atoms in total. The van der Waals surface area contributed by atoms with Crippen molar-refractivity contribution in [3.05, 3.63) is 95.7 Å². The Morgan fingerprint density at radius 1 is 0.788 bits per heavy atom. The lowest BCUT2D eigenvalue weighted by Crippen LogP contribution is -1.97. The summed E-state index contributed by atoms with van der Waals surface area (Å²) in [6, 6.07) is 25.8. The van der Waals surface area contributed by atoms with E-state index in [1.54, 1.807) is 0 Å². The van der Waals surface area contributed by atoms with E-state index in [0.717, 1.165) is 44.9 Å². The number of nitrogens with one attached hydrogen (secondary N) is 2. The highest BCUT2D eigenvalue weighted by Crippen LogP contribution is 2.26. The third-order valence-corrected chi connectivity index (χ3v) is 4.57. The first-order valence-corrected chi connectivity index (χ1v) is 11.4. The molecule has 5 heteroatoms. The molecular weight excluding hydrogens is 408 g/mol. The fraction of sp³-hybridized carbons (Fsp3) is 0.214. The highest BCUT2D eigenvalue weighted by molar-refractivity contribution is 6.05. The summed E-state index contributed by atoms with van der Waals surface area (Å²) in [6.45, 7) is 12.0. The van der Waals surface area contributed by atoms with E-state index in [2.05, 4.69) is 21.1 Å². The molecule has 0 atom stereocenters. The van der Waals surface area contributed by atoms with E-state index in [0.29, 0.717) is 0 Å². The van der Waals surface area contributed by atoms with Gasteiger partial charge in [0.25, 0.3) is 0 Å². The van der Waals surface area contributed by atoms with Crippen molar-refractivity contribution in [1.29, 1.82) is 0 Å². The number of hydrogen-bond donors (Lipinski definition) is 2. The summed E-state index contributed by atoms with van der Waals surface area (Å²) in [6.07, 6.45) is 1.81. The van der Waals surface area contributed by atoms with Crippen molar-refractivity contribution in [3.8, 4) is 0 Å². The Kier molecular flexibility index (Phi) is 10.4. The van der Waals surface area contributed by atoms with Crippen LogP contribution in [0.15, 0.2) is 93.5 Å². The minimum absolute atomic E-state index is 0.725. The monoisotopic (exact) mass is 442 g/mol. The van der Waals surface area contributed by atoms with E-state index in [-0.39, 0.29) is 0 Å². The van der Waals surface area contributed by atoms with Crippen LogP contribution in [0.4, 0.5) is 11.4 Å². The lowest BCUT2D eigenvalue weighted by atomic mass is 10.1. The molecule has 0 fully saturated rings. The molecule has 172 valence electrons. The first-order valence-electron chi connectivity index (χ1n) is 11.4. The maximum Gasteiger partial charge on any atom is 0.151 e. The summed E-state index contributed by atoms with van der Waals surface area (Å²) >= 11 is 0. The maximum atomic E-state index is 6.10. The molecule has 1 heterocycles. The second kappa shape index (κ2) is 13.5. The molecule has 0 amide bonds. The zero-order chi connectivity index (χ0) is 24.1. The number of nitrogens with zero attached hydrogens (tertiary/aromatic N) is 2. The molecule has 0 radical (unpaired) electrons. The van der Waals surface area contributed by atoms with Crippen LogP contribution in [0.25, 0.3) is 11.0 Å². The Hall–Kier alpha value is -3.86. The predicted molar refractivity (Wildman–Crippen MR) is 144 cm³/mol. The van der Waals surface area contributed by atoms with Crippen molar-refractivity contribution in [2.75, 3.05) is 10.9 Å². The first-order chi connectivity index (χ1) is 16.2. The van der Waals surface area contributed by atoms with Gasteiger partial charge < -0.3 is 4.42 Å². The summed E-state index contributed by atoms with van der Waals surface area (Å²) in [5, 5.41) is 9.82. The van der Waals surface area contributed by atoms with Gasteiger partial charge in [0.15, 0.2) is 5.76 Å². The number of para-hydroxylation sites is 2. The van der Waals surface area contributed by atoms with Crippen molar-refractivity contribution in [2.24, 2.45) is 10.2 Å². The van der Waals surface area contributed by atoms with Crippen LogP contribution >= 0.6 is 0 Å². The number of benzene rings is 3. The molecular formula is C28H34N4O. The van der Waals surface area contributed by atoms with E-state index in [1.165, 1.54) is 0 Å². The number of hydrazone groups is 2. The molecule has 0 saturated heterocycles. The van der Waals surface area contributed by atoms with Crippen molar-refractivity contribution in [1.82, 2.24) is 0 Å². The van der Waals surface area contributed by atoms with Crippen LogP contribution in [0.2, 0.25) is 0 Å². The second-order valence-electron chi connectivity index (χ2n) is 6.74. The molecule has 4 aromatic rings. The molecule has 4 rings (SSSR count). The molecule has 2 N–H and O–H groups in total. The van der Waals surface area contributed by atoms with E-state index >= 15 is 0 Å². The Labute approximate surface area is 197 Å². The molecule has 33 heavy (non-hydrogen) atoms. The lowest BCUT2D eigenvalue weighted by Gasteiger charge is -2.01. The third kappa shape index (κ3) is 7.07. The number of furan rings is 1. The van der Waals surface area contributed by atoms with Gasteiger partial charge >= 0.3 is 0 Å². The minimum Gasteiger partial charge on any atom is -0.454 e. The third-order valence-electron chi connectivity index (χ3n) is 4.57. The number of hydrogen-bond acceptors (Lipinski definition) is 5. The van der Waals surface area contributed by atoms with Gasteiger partial charge in [-0.05, 0) is 49.7 Å². The summed E-state index contributed by atoms with van der Waals surface area (Å²) in [7, 11) is 0. The molecule has 0 saturated carbocycles. The highest BCUT2D eigenvalue weighted by atomic mass is 16.3. The minimum atomic E-state index is 0.725. The molecule has 3 aromatic carbocycles. The molecule has 0 spiro atoms. The number of fused-ring (bicyclic) bond motifs is 1. The smallest absolute Gasteiger partial charge is 0.151 e. The van der Waals surface area contributed by atoms with Crippen LogP contribution < -0.4 is 10.9 Å². The Morgan fingerprint density at radius 2 is 1.36 bits per heavy atom. The Morgan fingerprint density at radius 3 is 1.97 bits per heavy atom. The summed E-state index contributed by atoms with van der Waals surface area (Å²) < 4.78 is 6.10. The molecule has 1 aromatic heterocycles. The SMILES string of the molecule is C/C(=N/Nc1ccccc1)c1cc2c(/C=N\Nc3ccccc3)ccc(C)c2o1.CC.CC. The van der Waals surface area contributed by atoms with Crippen molar-refractivity contribution >= 4 is 34.3 Å². The van der Waals surface area contributed by atoms with Crippen LogP contribution in [-0.2, 0) is 0 Å². The van der Waals surface area contributed by atoms with Crippen molar-refractivity contribution in [3.63, 3.8) is 0 Å². The topological polar surface area (TPSA) is 61.9 Å². The zero-order valence-corrected chi connectivity index (χ0v) is 20.4. The molecule has 0 bridgehead atoms. The largest absolute Gasteiger partial charge is 0.454 e. The van der Waals surface area contributed by atoms with Gasteiger partial charge in [0.05, 0.1) is 17.6 Å². The van der Waals surface area contributed by atoms with E-state index in [9.17, 15) is 0 Å². The van der Waals surface area contributed by atoms with Crippen LogP contribution in [0, 0.1) is 6.92 Å². The summed E-state index contributed by atoms with van der Waals surface area (Å²) in [5.41, 5.74) is 11.6. The van der Waals surface area contributed by atoms with Gasteiger partial charge in [-0.15, -0.1) is 0 Å². The average molecular weight is 443 g/mol. The van der Waals surface area contributed by atoms with E-state index in [4.69, 9.17) is 4.42 Å². The van der Waals surface area contributed by atoms with Crippen LogP contribution in [0.3, 0.4) is 0 Å². The predicted octanol–water partition coefficient (Wildman–Crippen LogP) is 8.08. The van der Waals surface area contributed by atoms with Gasteiger partial charge in [-0.3, -0.25) is 10.9 Å². The van der Waals surface area contributed by atoms with Crippen LogP contribution in [-0.4, -0.2) is 11.9 Å². The summed E-state index contributed by atoms with van der Waals surface area (Å²) in [5.74, 6) is 0.725. The molecule has 0 aliphatic heterocycles. The number of rotatable bonds is 6. The average Bonchev–Trinajstić information content (AvgIpc) is 3.35. The molecule has 0 unspecified atom stereocenters. The van der Waals surface area contributed by atoms with Crippen LogP contribution in [0.5, 0.6) is 0 Å². The van der Waals surface area contributed by atoms with Gasteiger partial charge in [-0.2, -0.15) is 10.2 Å². The molecule has 0 aliphatic rings. The second-order valence-corrected chi connectivity index (χ2v) is 6.74. The molecule has 0 aliphatic carbocycles. The zero-order valence-electron chi connectivity index (χ0n) is 20.4. The normalized spacial score (nSPS) is 10.8. The first kappa shape index (κ1) is 25.4. The number of aryl methyl sites for hydroxylation is 1. The van der Waals surface area contributed by atoms with E-state index < -0.39 is 0 Å².